The third-order valence-electron chi connectivity index (χ3n) is 4.13. The van der Waals surface area contributed by atoms with Crippen molar-refractivity contribution in [1.29, 1.82) is 0 Å². The van der Waals surface area contributed by atoms with E-state index in [9.17, 15) is 9.18 Å². The van der Waals surface area contributed by atoms with Crippen LogP contribution in [0.1, 0.15) is 5.56 Å². The molecule has 0 bridgehead atoms. The normalized spacial score (nSPS) is 11.7. The second kappa shape index (κ2) is 7.84. The molecule has 146 valence electrons. The fourth-order valence-corrected chi connectivity index (χ4v) is 3.66. The van der Waals surface area contributed by atoms with Crippen LogP contribution in [-0.4, -0.2) is 28.3 Å². The summed E-state index contributed by atoms with van der Waals surface area (Å²) in [6.07, 6.45) is 3.40. The Morgan fingerprint density at radius 3 is 2.69 bits per heavy atom. The Morgan fingerprint density at radius 1 is 1.21 bits per heavy atom. The maximum absolute atomic E-state index is 13.1. The molecule has 0 amide bonds. The van der Waals surface area contributed by atoms with Crippen LogP contribution in [0, 0.1) is 5.82 Å². The number of fused-ring (bicyclic) bond motifs is 1. The molecular formula is C21H16FN3O3S. The number of hydrogen-bond acceptors (Lipinski definition) is 6. The lowest BCUT2D eigenvalue weighted by molar-refractivity contribution is 0.326. The Morgan fingerprint density at radius 2 is 2.00 bits per heavy atom. The van der Waals surface area contributed by atoms with Gasteiger partial charge in [0.1, 0.15) is 12.4 Å². The van der Waals surface area contributed by atoms with Gasteiger partial charge in [-0.15, -0.1) is 5.10 Å². The zero-order chi connectivity index (χ0) is 20.4. The zero-order valence-electron chi connectivity index (χ0n) is 15.5. The lowest BCUT2D eigenvalue weighted by atomic mass is 10.2. The summed E-state index contributed by atoms with van der Waals surface area (Å²) in [5.41, 5.74) is 1.16. The molecule has 0 radical (unpaired) electrons. The Labute approximate surface area is 169 Å². The highest BCUT2D eigenvalue weighted by Gasteiger charge is 2.12. The predicted molar refractivity (Wildman–Crippen MR) is 110 cm³/mol. The van der Waals surface area contributed by atoms with Crippen molar-refractivity contribution in [2.75, 3.05) is 13.7 Å². The van der Waals surface area contributed by atoms with Gasteiger partial charge in [-0.3, -0.25) is 4.79 Å². The third kappa shape index (κ3) is 3.74. The van der Waals surface area contributed by atoms with E-state index in [0.717, 1.165) is 5.56 Å². The Hall–Kier alpha value is -3.52. The van der Waals surface area contributed by atoms with Gasteiger partial charge in [0, 0.05) is 5.56 Å². The fraction of sp³-hybridized carbons (Fsp3) is 0.0952. The Bertz CT molecular complexity index is 1300. The highest BCUT2D eigenvalue weighted by Crippen LogP contribution is 2.28. The van der Waals surface area contributed by atoms with Crippen molar-refractivity contribution in [2.45, 2.75) is 0 Å². The van der Waals surface area contributed by atoms with E-state index in [1.807, 2.05) is 6.07 Å². The van der Waals surface area contributed by atoms with Gasteiger partial charge in [0.25, 0.3) is 5.56 Å². The SMILES string of the molecule is C=CCOc1ccc(C=c2sc3nc(-c4ccc(F)cc4)nn3c2=O)cc1OC. The van der Waals surface area contributed by atoms with E-state index in [1.165, 1.54) is 28.0 Å². The van der Waals surface area contributed by atoms with Gasteiger partial charge < -0.3 is 9.47 Å². The molecule has 0 atom stereocenters. The Balaban J connectivity index is 1.71. The van der Waals surface area contributed by atoms with E-state index in [-0.39, 0.29) is 11.4 Å². The van der Waals surface area contributed by atoms with Crippen molar-refractivity contribution >= 4 is 22.4 Å². The largest absolute Gasteiger partial charge is 0.493 e. The summed E-state index contributed by atoms with van der Waals surface area (Å²) in [4.78, 5) is 17.6. The molecule has 4 rings (SSSR count). The first-order valence-corrected chi connectivity index (χ1v) is 9.49. The number of aromatic nitrogens is 3. The van der Waals surface area contributed by atoms with Gasteiger partial charge in [-0.1, -0.05) is 30.1 Å². The molecular weight excluding hydrogens is 393 g/mol. The third-order valence-corrected chi connectivity index (χ3v) is 5.09. The van der Waals surface area contributed by atoms with Gasteiger partial charge in [0.05, 0.1) is 11.6 Å². The maximum atomic E-state index is 13.1. The molecule has 2 aromatic heterocycles. The van der Waals surface area contributed by atoms with Crippen LogP contribution in [0.5, 0.6) is 11.5 Å². The average Bonchev–Trinajstić information content (AvgIpc) is 3.27. The lowest BCUT2D eigenvalue weighted by Crippen LogP contribution is -2.23. The van der Waals surface area contributed by atoms with Gasteiger partial charge >= 0.3 is 0 Å². The molecule has 2 aromatic carbocycles. The van der Waals surface area contributed by atoms with E-state index < -0.39 is 0 Å². The van der Waals surface area contributed by atoms with Gasteiger partial charge in [-0.25, -0.2) is 4.39 Å². The van der Waals surface area contributed by atoms with E-state index in [2.05, 4.69) is 16.7 Å². The topological polar surface area (TPSA) is 65.7 Å². The molecule has 0 unspecified atom stereocenters. The van der Waals surface area contributed by atoms with Crippen LogP contribution in [0.4, 0.5) is 4.39 Å². The van der Waals surface area contributed by atoms with Crippen LogP contribution in [0.2, 0.25) is 0 Å². The molecule has 0 saturated heterocycles. The van der Waals surface area contributed by atoms with Crippen molar-refractivity contribution in [2.24, 2.45) is 0 Å². The molecule has 0 aliphatic carbocycles. The summed E-state index contributed by atoms with van der Waals surface area (Å²) in [6, 6.07) is 11.2. The number of thiazole rings is 1. The van der Waals surface area contributed by atoms with E-state index in [4.69, 9.17) is 9.47 Å². The van der Waals surface area contributed by atoms with Crippen LogP contribution in [-0.2, 0) is 0 Å². The number of rotatable bonds is 6. The molecule has 0 saturated carbocycles. The maximum Gasteiger partial charge on any atom is 0.291 e. The molecule has 0 fully saturated rings. The fourth-order valence-electron chi connectivity index (χ4n) is 2.75. The zero-order valence-corrected chi connectivity index (χ0v) is 16.3. The number of methoxy groups -OCH3 is 1. The van der Waals surface area contributed by atoms with Crippen LogP contribution in [0.3, 0.4) is 0 Å². The molecule has 0 N–H and O–H groups in total. The minimum absolute atomic E-state index is 0.267. The van der Waals surface area contributed by atoms with E-state index in [0.29, 0.717) is 39.0 Å². The molecule has 29 heavy (non-hydrogen) atoms. The Kier molecular flexibility index (Phi) is 5.09. The summed E-state index contributed by atoms with van der Waals surface area (Å²) >= 11 is 1.23. The first-order chi connectivity index (χ1) is 14.1. The van der Waals surface area contributed by atoms with Crippen LogP contribution < -0.4 is 19.6 Å². The smallest absolute Gasteiger partial charge is 0.291 e. The number of benzene rings is 2. The summed E-state index contributed by atoms with van der Waals surface area (Å²) in [7, 11) is 1.55. The number of nitrogens with zero attached hydrogens (tertiary/aromatic N) is 3. The lowest BCUT2D eigenvalue weighted by Gasteiger charge is -2.09. The molecule has 0 aliphatic rings. The monoisotopic (exact) mass is 409 g/mol. The predicted octanol–water partition coefficient (Wildman–Crippen LogP) is 3.08. The molecule has 2 heterocycles. The van der Waals surface area contributed by atoms with Gasteiger partial charge in [0.15, 0.2) is 17.3 Å². The van der Waals surface area contributed by atoms with Crippen molar-refractivity contribution in [3.8, 4) is 22.9 Å². The second-order valence-electron chi connectivity index (χ2n) is 6.06. The molecule has 0 spiro atoms. The van der Waals surface area contributed by atoms with Crippen LogP contribution >= 0.6 is 11.3 Å². The number of hydrogen-bond donors (Lipinski definition) is 0. The van der Waals surface area contributed by atoms with Gasteiger partial charge in [-0.2, -0.15) is 9.50 Å². The van der Waals surface area contributed by atoms with Gasteiger partial charge in [-0.05, 0) is 48.0 Å². The van der Waals surface area contributed by atoms with Crippen molar-refractivity contribution in [1.82, 2.24) is 14.6 Å². The minimum Gasteiger partial charge on any atom is -0.493 e. The van der Waals surface area contributed by atoms with Crippen LogP contribution in [0.25, 0.3) is 22.4 Å². The van der Waals surface area contributed by atoms with E-state index in [1.54, 1.807) is 43.5 Å². The van der Waals surface area contributed by atoms with Crippen molar-refractivity contribution < 1.29 is 13.9 Å². The van der Waals surface area contributed by atoms with Crippen LogP contribution in [0.15, 0.2) is 59.9 Å². The van der Waals surface area contributed by atoms with Crippen molar-refractivity contribution in [3.63, 3.8) is 0 Å². The van der Waals surface area contributed by atoms with Gasteiger partial charge in [0.2, 0.25) is 4.96 Å². The molecule has 4 aromatic rings. The molecule has 8 heteroatoms. The highest BCUT2D eigenvalue weighted by molar-refractivity contribution is 7.15. The average molecular weight is 409 g/mol. The summed E-state index contributed by atoms with van der Waals surface area (Å²) < 4.78 is 25.7. The first kappa shape index (κ1) is 18.8. The highest BCUT2D eigenvalue weighted by atomic mass is 32.1. The standard InChI is InChI=1S/C21H16FN3O3S/c1-3-10-28-16-9-4-13(11-17(16)27-2)12-18-20(26)25-21(29-18)23-19(24-25)14-5-7-15(22)8-6-14/h3-9,11-12H,1,10H2,2H3. The molecule has 6 nitrogen and oxygen atoms in total. The molecule has 0 aliphatic heterocycles. The summed E-state index contributed by atoms with van der Waals surface area (Å²) in [6.45, 7) is 3.99. The van der Waals surface area contributed by atoms with Crippen molar-refractivity contribution in [3.05, 3.63) is 81.4 Å². The number of halogens is 1. The van der Waals surface area contributed by atoms with E-state index >= 15 is 0 Å². The quantitative estimate of drug-likeness (QED) is 0.458. The minimum atomic E-state index is -0.340. The summed E-state index contributed by atoms with van der Waals surface area (Å²) in [5, 5.41) is 4.26. The second-order valence-corrected chi connectivity index (χ2v) is 7.07. The first-order valence-electron chi connectivity index (χ1n) is 8.68. The summed E-state index contributed by atoms with van der Waals surface area (Å²) in [5.74, 6) is 1.20. The number of ether oxygens (including phenoxy) is 2.